The maximum atomic E-state index is 12.6. The third-order valence-corrected chi connectivity index (χ3v) is 5.86. The van der Waals surface area contributed by atoms with Crippen molar-refractivity contribution in [3.8, 4) is 11.3 Å². The fourth-order valence-electron chi connectivity index (χ4n) is 4.51. The van der Waals surface area contributed by atoms with Gasteiger partial charge in [-0.15, -0.1) is 0 Å². The van der Waals surface area contributed by atoms with Crippen molar-refractivity contribution in [2.45, 2.75) is 51.1 Å². The highest BCUT2D eigenvalue weighted by Gasteiger charge is 2.37. The van der Waals surface area contributed by atoms with Gasteiger partial charge in [0.2, 0.25) is 5.91 Å². The van der Waals surface area contributed by atoms with Gasteiger partial charge in [-0.3, -0.25) is 14.8 Å². The lowest BCUT2D eigenvalue weighted by molar-refractivity contribution is -0.126. The molecule has 138 valence electrons. The maximum Gasteiger partial charge on any atom is 0.224 e. The number of aromatic nitrogens is 2. The molecular weight excluding hydrogens is 324 g/mol. The van der Waals surface area contributed by atoms with Crippen molar-refractivity contribution in [3.63, 3.8) is 0 Å². The Hall–Kier alpha value is -2.14. The third kappa shape index (κ3) is 3.68. The molecule has 5 heteroatoms. The van der Waals surface area contributed by atoms with Gasteiger partial charge in [0.05, 0.1) is 17.8 Å². The number of nitrogens with one attached hydrogen (secondary N) is 2. The number of aromatic amines is 1. The van der Waals surface area contributed by atoms with Gasteiger partial charge in [-0.1, -0.05) is 43.2 Å². The average molecular weight is 352 g/mol. The molecule has 1 aromatic heterocycles. The van der Waals surface area contributed by atoms with Gasteiger partial charge in [0.15, 0.2) is 0 Å². The van der Waals surface area contributed by atoms with E-state index in [9.17, 15) is 4.79 Å². The minimum absolute atomic E-state index is 0.139. The summed E-state index contributed by atoms with van der Waals surface area (Å²) in [5.41, 5.74) is 3.49. The summed E-state index contributed by atoms with van der Waals surface area (Å²) in [6.07, 6.45) is 8.68. The van der Waals surface area contributed by atoms with Crippen molar-refractivity contribution in [2.75, 3.05) is 13.1 Å². The molecule has 1 aliphatic carbocycles. The molecule has 0 bridgehead atoms. The van der Waals surface area contributed by atoms with Gasteiger partial charge in [-0.25, -0.2) is 0 Å². The number of carbonyl (C=O) groups excluding carboxylic acids is 1. The summed E-state index contributed by atoms with van der Waals surface area (Å²) in [5, 5.41) is 10.6. The van der Waals surface area contributed by atoms with Crippen LogP contribution in [0, 0.1) is 5.92 Å². The van der Waals surface area contributed by atoms with Gasteiger partial charge in [-0.2, -0.15) is 5.10 Å². The van der Waals surface area contributed by atoms with E-state index in [-0.39, 0.29) is 11.8 Å². The van der Waals surface area contributed by atoms with Gasteiger partial charge in [0.1, 0.15) is 0 Å². The van der Waals surface area contributed by atoms with Crippen LogP contribution >= 0.6 is 0 Å². The molecule has 4 rings (SSSR count). The molecule has 0 radical (unpaired) electrons. The van der Waals surface area contributed by atoms with Gasteiger partial charge in [0, 0.05) is 24.7 Å². The molecule has 0 spiro atoms. The molecular formula is C21H28N4O. The molecule has 2 fully saturated rings. The number of H-pyrrole nitrogens is 1. The van der Waals surface area contributed by atoms with Crippen molar-refractivity contribution in [1.82, 2.24) is 20.4 Å². The van der Waals surface area contributed by atoms with Gasteiger partial charge in [0.25, 0.3) is 0 Å². The van der Waals surface area contributed by atoms with Crippen LogP contribution in [0.25, 0.3) is 11.3 Å². The molecule has 26 heavy (non-hydrogen) atoms. The van der Waals surface area contributed by atoms with Gasteiger partial charge < -0.3 is 5.32 Å². The monoisotopic (exact) mass is 352 g/mol. The number of nitrogens with zero attached hydrogens (tertiary/aromatic N) is 2. The van der Waals surface area contributed by atoms with E-state index >= 15 is 0 Å². The Morgan fingerprint density at radius 3 is 2.85 bits per heavy atom. The number of amides is 1. The van der Waals surface area contributed by atoms with Crippen LogP contribution in [0.5, 0.6) is 0 Å². The largest absolute Gasteiger partial charge is 0.356 e. The second-order valence-electron chi connectivity index (χ2n) is 7.56. The van der Waals surface area contributed by atoms with E-state index in [1.165, 1.54) is 24.0 Å². The van der Waals surface area contributed by atoms with Crippen molar-refractivity contribution in [2.24, 2.45) is 5.92 Å². The first-order valence-electron chi connectivity index (χ1n) is 9.92. The normalized spacial score (nSPS) is 24.8. The fraction of sp³-hybridized carbons (Fsp3) is 0.524. The minimum Gasteiger partial charge on any atom is -0.356 e. The van der Waals surface area contributed by atoms with E-state index in [2.05, 4.69) is 44.7 Å². The molecule has 2 atom stereocenters. The number of benzene rings is 1. The Balaban J connectivity index is 1.57. The van der Waals surface area contributed by atoms with Crippen LogP contribution in [0.4, 0.5) is 0 Å². The zero-order valence-corrected chi connectivity index (χ0v) is 15.3. The molecule has 2 N–H and O–H groups in total. The molecule has 1 aliphatic heterocycles. The van der Waals surface area contributed by atoms with Gasteiger partial charge >= 0.3 is 0 Å². The molecule has 0 unspecified atom stereocenters. The van der Waals surface area contributed by atoms with Crippen LogP contribution in [-0.2, 0) is 11.3 Å². The Bertz CT molecular complexity index is 727. The highest BCUT2D eigenvalue weighted by molar-refractivity contribution is 5.79. The van der Waals surface area contributed by atoms with Crippen LogP contribution in [0.2, 0.25) is 0 Å². The molecule has 2 aromatic rings. The van der Waals surface area contributed by atoms with Crippen molar-refractivity contribution in [3.05, 3.63) is 42.1 Å². The lowest BCUT2D eigenvalue weighted by Crippen LogP contribution is -2.45. The maximum absolute atomic E-state index is 12.6. The van der Waals surface area contributed by atoms with E-state index in [1.807, 2.05) is 12.3 Å². The number of fused-ring (bicyclic) bond motifs is 1. The predicted molar refractivity (Wildman–Crippen MR) is 102 cm³/mol. The molecule has 5 nitrogen and oxygen atoms in total. The Morgan fingerprint density at radius 2 is 1.96 bits per heavy atom. The number of hydrogen-bond acceptors (Lipinski definition) is 3. The number of rotatable bonds is 3. The van der Waals surface area contributed by atoms with E-state index in [0.29, 0.717) is 6.04 Å². The summed E-state index contributed by atoms with van der Waals surface area (Å²) < 4.78 is 0. The summed E-state index contributed by atoms with van der Waals surface area (Å²) in [6, 6.07) is 10.7. The number of hydrogen-bond donors (Lipinski definition) is 2. The third-order valence-electron chi connectivity index (χ3n) is 5.86. The smallest absolute Gasteiger partial charge is 0.224 e. The molecule has 2 heterocycles. The first kappa shape index (κ1) is 17.3. The summed E-state index contributed by atoms with van der Waals surface area (Å²) in [5.74, 6) is 0.398. The van der Waals surface area contributed by atoms with Gasteiger partial charge in [-0.05, 0) is 37.8 Å². The summed E-state index contributed by atoms with van der Waals surface area (Å²) in [7, 11) is 0. The molecule has 2 aliphatic rings. The highest BCUT2D eigenvalue weighted by atomic mass is 16.1. The summed E-state index contributed by atoms with van der Waals surface area (Å²) in [4.78, 5) is 15.1. The van der Waals surface area contributed by atoms with Crippen LogP contribution < -0.4 is 5.32 Å². The van der Waals surface area contributed by atoms with Crippen LogP contribution in [0.15, 0.2) is 36.5 Å². The second-order valence-corrected chi connectivity index (χ2v) is 7.56. The highest BCUT2D eigenvalue weighted by Crippen LogP contribution is 2.33. The van der Waals surface area contributed by atoms with Crippen LogP contribution in [0.3, 0.4) is 0 Å². The Morgan fingerprint density at radius 1 is 1.08 bits per heavy atom. The Labute approximate surface area is 155 Å². The lowest BCUT2D eigenvalue weighted by Gasteiger charge is -2.33. The predicted octanol–water partition coefficient (Wildman–Crippen LogP) is 3.35. The van der Waals surface area contributed by atoms with E-state index in [0.717, 1.165) is 51.0 Å². The van der Waals surface area contributed by atoms with Crippen molar-refractivity contribution < 1.29 is 4.79 Å². The quantitative estimate of drug-likeness (QED) is 0.890. The zero-order chi connectivity index (χ0) is 17.8. The molecule has 1 amide bonds. The topological polar surface area (TPSA) is 61.0 Å². The molecule has 1 saturated heterocycles. The van der Waals surface area contributed by atoms with Crippen molar-refractivity contribution >= 4 is 5.91 Å². The standard InChI is InChI=1S/C21H28N4O/c26-21-18-10-7-11-19(18)25(13-6-2-5-12-22-21)15-17-14-23-24-20(17)16-8-3-1-4-9-16/h1,3-4,8-9,14,18-19H,2,5-7,10-13,15H2,(H,22,26)(H,23,24)/t18-,19+/m1/s1. The van der Waals surface area contributed by atoms with E-state index in [4.69, 9.17) is 0 Å². The average Bonchev–Trinajstić information content (AvgIpc) is 3.33. The summed E-state index contributed by atoms with van der Waals surface area (Å²) >= 11 is 0. The molecule has 1 aromatic carbocycles. The second kappa shape index (κ2) is 8.04. The Kier molecular flexibility index (Phi) is 5.34. The fourth-order valence-corrected chi connectivity index (χ4v) is 4.51. The van der Waals surface area contributed by atoms with Crippen molar-refractivity contribution in [1.29, 1.82) is 0 Å². The van der Waals surface area contributed by atoms with Crippen LogP contribution in [-0.4, -0.2) is 40.1 Å². The van der Waals surface area contributed by atoms with E-state index in [1.54, 1.807) is 0 Å². The number of carbonyl (C=O) groups is 1. The first-order chi connectivity index (χ1) is 12.8. The zero-order valence-electron chi connectivity index (χ0n) is 15.3. The van der Waals surface area contributed by atoms with Crippen LogP contribution in [0.1, 0.15) is 44.1 Å². The lowest BCUT2D eigenvalue weighted by atomic mass is 9.98. The summed E-state index contributed by atoms with van der Waals surface area (Å²) in [6.45, 7) is 2.75. The minimum atomic E-state index is 0.139. The SMILES string of the molecule is O=C1NCCCCCN(Cc2cn[nH]c2-c2ccccc2)[C@H]2CCC[C@@H]12. The van der Waals surface area contributed by atoms with E-state index < -0.39 is 0 Å². The first-order valence-corrected chi connectivity index (χ1v) is 9.92. The molecule has 1 saturated carbocycles.